The largest absolute Gasteiger partial charge is 0.480 e. The minimum Gasteiger partial charge on any atom is -0.480 e. The fraction of sp³-hybridized carbons (Fsp3) is 0.833. The number of aliphatic carboxylic acids is 1. The topological polar surface area (TPSA) is 78.4 Å². The molecule has 2 amide bonds. The second kappa shape index (κ2) is 5.38. The van der Waals surface area contributed by atoms with Crippen molar-refractivity contribution in [3.63, 3.8) is 0 Å². The Kier molecular flexibility index (Phi) is 4.37. The standard InChI is InChI=1S/C12H22N2O3/c1-12(2,3)9(10(15)16)14-11(17)13-7-6-8-4-5-8/h8-9H,4-7H2,1-3H3,(H,15,16)(H2,13,14,17). The summed E-state index contributed by atoms with van der Waals surface area (Å²) in [4.78, 5) is 22.6. The van der Waals surface area contributed by atoms with Gasteiger partial charge < -0.3 is 15.7 Å². The summed E-state index contributed by atoms with van der Waals surface area (Å²) in [6.45, 7) is 5.98. The average molecular weight is 242 g/mol. The number of hydrogen-bond acceptors (Lipinski definition) is 2. The van der Waals surface area contributed by atoms with Crippen molar-refractivity contribution in [3.8, 4) is 0 Å². The highest BCUT2D eigenvalue weighted by Gasteiger charge is 2.32. The van der Waals surface area contributed by atoms with Crippen molar-refractivity contribution in [1.82, 2.24) is 10.6 Å². The van der Waals surface area contributed by atoms with Crippen molar-refractivity contribution in [2.24, 2.45) is 11.3 Å². The fourth-order valence-corrected chi connectivity index (χ4v) is 1.63. The molecule has 0 radical (unpaired) electrons. The predicted octanol–water partition coefficient (Wildman–Crippen LogP) is 1.59. The molecule has 5 nitrogen and oxygen atoms in total. The molecule has 0 heterocycles. The number of carbonyl (C=O) groups excluding carboxylic acids is 1. The maximum absolute atomic E-state index is 11.5. The van der Waals surface area contributed by atoms with Crippen LogP contribution < -0.4 is 10.6 Å². The molecule has 0 spiro atoms. The molecule has 1 atom stereocenters. The van der Waals surface area contributed by atoms with Crippen LogP contribution in [-0.4, -0.2) is 29.7 Å². The van der Waals surface area contributed by atoms with Crippen LogP contribution >= 0.6 is 0 Å². The van der Waals surface area contributed by atoms with Crippen molar-refractivity contribution in [3.05, 3.63) is 0 Å². The Balaban J connectivity index is 2.32. The van der Waals surface area contributed by atoms with E-state index in [0.717, 1.165) is 12.3 Å². The predicted molar refractivity (Wildman–Crippen MR) is 64.8 cm³/mol. The first-order valence-electron chi connectivity index (χ1n) is 6.08. The van der Waals surface area contributed by atoms with Gasteiger partial charge in [0.2, 0.25) is 0 Å². The molecule has 0 bridgehead atoms. The van der Waals surface area contributed by atoms with Gasteiger partial charge in [-0.25, -0.2) is 9.59 Å². The third-order valence-electron chi connectivity index (χ3n) is 2.92. The summed E-state index contributed by atoms with van der Waals surface area (Å²) in [5.74, 6) is -0.247. The fourth-order valence-electron chi connectivity index (χ4n) is 1.63. The van der Waals surface area contributed by atoms with Crippen LogP contribution in [0.3, 0.4) is 0 Å². The highest BCUT2D eigenvalue weighted by atomic mass is 16.4. The van der Waals surface area contributed by atoms with E-state index in [1.165, 1.54) is 12.8 Å². The van der Waals surface area contributed by atoms with Crippen LogP contribution in [0.15, 0.2) is 0 Å². The van der Waals surface area contributed by atoms with E-state index in [4.69, 9.17) is 5.11 Å². The molecule has 1 aliphatic carbocycles. The van der Waals surface area contributed by atoms with E-state index in [2.05, 4.69) is 10.6 Å². The minimum atomic E-state index is -1.00. The Bertz CT molecular complexity index is 293. The molecule has 0 aromatic rings. The smallest absolute Gasteiger partial charge is 0.326 e. The average Bonchev–Trinajstić information content (AvgIpc) is 2.95. The summed E-state index contributed by atoms with van der Waals surface area (Å²) in [5, 5.41) is 14.2. The van der Waals surface area contributed by atoms with Gasteiger partial charge in [0.1, 0.15) is 6.04 Å². The molecule has 5 heteroatoms. The number of amides is 2. The first-order valence-corrected chi connectivity index (χ1v) is 6.08. The Labute approximate surface area is 102 Å². The third-order valence-corrected chi connectivity index (χ3v) is 2.92. The second-order valence-corrected chi connectivity index (χ2v) is 5.77. The van der Waals surface area contributed by atoms with Crippen LogP contribution in [0.1, 0.15) is 40.0 Å². The quantitative estimate of drug-likeness (QED) is 0.685. The van der Waals surface area contributed by atoms with Crippen LogP contribution in [0.2, 0.25) is 0 Å². The Hall–Kier alpha value is -1.26. The van der Waals surface area contributed by atoms with Crippen molar-refractivity contribution in [2.75, 3.05) is 6.54 Å². The Morgan fingerprint density at radius 2 is 1.94 bits per heavy atom. The van der Waals surface area contributed by atoms with E-state index in [1.54, 1.807) is 20.8 Å². The molecule has 1 unspecified atom stereocenters. The van der Waals surface area contributed by atoms with E-state index < -0.39 is 23.5 Å². The highest BCUT2D eigenvalue weighted by Crippen LogP contribution is 2.31. The van der Waals surface area contributed by atoms with E-state index >= 15 is 0 Å². The summed E-state index contributed by atoms with van der Waals surface area (Å²) in [6, 6.07) is -1.27. The van der Waals surface area contributed by atoms with Gasteiger partial charge in [0.25, 0.3) is 0 Å². The van der Waals surface area contributed by atoms with Gasteiger partial charge in [-0.3, -0.25) is 0 Å². The van der Waals surface area contributed by atoms with Crippen molar-refractivity contribution >= 4 is 12.0 Å². The molecule has 1 fully saturated rings. The first kappa shape index (κ1) is 13.8. The van der Waals surface area contributed by atoms with Gasteiger partial charge in [-0.2, -0.15) is 0 Å². The van der Waals surface area contributed by atoms with E-state index in [-0.39, 0.29) is 0 Å². The number of carbonyl (C=O) groups is 2. The molecule has 98 valence electrons. The molecule has 1 aliphatic rings. The highest BCUT2D eigenvalue weighted by molar-refractivity contribution is 5.83. The summed E-state index contributed by atoms with van der Waals surface area (Å²) in [6.07, 6.45) is 3.49. The van der Waals surface area contributed by atoms with Gasteiger partial charge in [-0.15, -0.1) is 0 Å². The summed E-state index contributed by atoms with van der Waals surface area (Å²) < 4.78 is 0. The molecule has 17 heavy (non-hydrogen) atoms. The Morgan fingerprint density at radius 1 is 1.35 bits per heavy atom. The summed E-state index contributed by atoms with van der Waals surface area (Å²) >= 11 is 0. The van der Waals surface area contributed by atoms with Gasteiger partial charge in [0.05, 0.1) is 0 Å². The number of nitrogens with one attached hydrogen (secondary N) is 2. The third kappa shape index (κ3) is 5.06. The number of rotatable bonds is 5. The normalized spacial score (nSPS) is 17.4. The summed E-state index contributed by atoms with van der Waals surface area (Å²) in [7, 11) is 0. The maximum atomic E-state index is 11.5. The lowest BCUT2D eigenvalue weighted by atomic mass is 9.87. The van der Waals surface area contributed by atoms with E-state index in [0.29, 0.717) is 6.54 Å². The zero-order valence-corrected chi connectivity index (χ0v) is 10.7. The lowest BCUT2D eigenvalue weighted by Crippen LogP contribution is -2.52. The number of carboxylic acids is 1. The van der Waals surface area contributed by atoms with Crippen LogP contribution in [0.25, 0.3) is 0 Å². The maximum Gasteiger partial charge on any atom is 0.326 e. The van der Waals surface area contributed by atoms with Gasteiger partial charge in [-0.05, 0) is 17.8 Å². The molecule has 0 aromatic heterocycles. The van der Waals surface area contributed by atoms with Crippen LogP contribution in [0.4, 0.5) is 4.79 Å². The molecular formula is C12H22N2O3. The molecule has 1 saturated carbocycles. The molecular weight excluding hydrogens is 220 g/mol. The minimum absolute atomic E-state index is 0.395. The monoisotopic (exact) mass is 242 g/mol. The number of urea groups is 1. The van der Waals surface area contributed by atoms with Gasteiger partial charge >= 0.3 is 12.0 Å². The molecule has 1 rings (SSSR count). The van der Waals surface area contributed by atoms with Crippen molar-refractivity contribution < 1.29 is 14.7 Å². The molecule has 0 saturated heterocycles. The number of hydrogen-bond donors (Lipinski definition) is 3. The lowest BCUT2D eigenvalue weighted by molar-refractivity contribution is -0.141. The molecule has 3 N–H and O–H groups in total. The van der Waals surface area contributed by atoms with Crippen LogP contribution in [0.5, 0.6) is 0 Å². The van der Waals surface area contributed by atoms with Crippen molar-refractivity contribution in [2.45, 2.75) is 46.1 Å². The zero-order chi connectivity index (χ0) is 13.1. The first-order chi connectivity index (χ1) is 7.80. The van der Waals surface area contributed by atoms with E-state index in [1.807, 2.05) is 0 Å². The van der Waals surface area contributed by atoms with E-state index in [9.17, 15) is 9.59 Å². The van der Waals surface area contributed by atoms with Crippen LogP contribution in [-0.2, 0) is 4.79 Å². The van der Waals surface area contributed by atoms with Gasteiger partial charge in [0, 0.05) is 6.54 Å². The number of carboxylic acid groups (broad SMARTS) is 1. The van der Waals surface area contributed by atoms with Gasteiger partial charge in [0.15, 0.2) is 0 Å². The molecule has 0 aromatic carbocycles. The Morgan fingerprint density at radius 3 is 2.35 bits per heavy atom. The van der Waals surface area contributed by atoms with Gasteiger partial charge in [-0.1, -0.05) is 33.6 Å². The second-order valence-electron chi connectivity index (χ2n) is 5.77. The summed E-state index contributed by atoms with van der Waals surface area (Å²) in [5.41, 5.74) is -0.500. The lowest BCUT2D eigenvalue weighted by Gasteiger charge is -2.27. The SMILES string of the molecule is CC(C)(C)C(NC(=O)NCCC1CC1)C(=O)O. The van der Waals surface area contributed by atoms with Crippen LogP contribution in [0, 0.1) is 11.3 Å². The molecule has 0 aliphatic heterocycles. The zero-order valence-electron chi connectivity index (χ0n) is 10.7. The van der Waals surface area contributed by atoms with Crippen molar-refractivity contribution in [1.29, 1.82) is 0 Å².